The van der Waals surface area contributed by atoms with E-state index in [1.165, 1.54) is 0 Å². The van der Waals surface area contributed by atoms with Gasteiger partial charge in [-0.1, -0.05) is 16.8 Å². The molecule has 0 fully saturated rings. The Balaban J connectivity index is 2.42. The molecule has 0 aliphatic rings. The maximum atomic E-state index is 6.13. The lowest BCUT2D eigenvalue weighted by molar-refractivity contribution is 0.796. The normalized spacial score (nSPS) is 12.8. The molecule has 0 radical (unpaired) electrons. The minimum Gasteiger partial charge on any atom is -0.219 e. The highest BCUT2D eigenvalue weighted by molar-refractivity contribution is 14.1. The zero-order valence-electron chi connectivity index (χ0n) is 8.36. The Morgan fingerprint density at radius 3 is 2.75 bits per heavy atom. The van der Waals surface area contributed by atoms with E-state index in [-0.39, 0.29) is 5.38 Å². The molecule has 1 aromatic carbocycles. The maximum absolute atomic E-state index is 6.13. The monoisotopic (exact) mass is 367 g/mol. The molecule has 1 aromatic heterocycles. The second-order valence-electron chi connectivity index (χ2n) is 3.30. The second-order valence-corrected chi connectivity index (χ2v) is 5.61. The van der Waals surface area contributed by atoms with Gasteiger partial charge in [-0.2, -0.15) is 0 Å². The molecule has 0 amide bonds. The third-order valence-electron chi connectivity index (χ3n) is 2.08. The average molecular weight is 368 g/mol. The molecular weight excluding hydrogens is 360 g/mol. The van der Waals surface area contributed by atoms with Crippen LogP contribution in [-0.2, 0) is 0 Å². The van der Waals surface area contributed by atoms with Crippen molar-refractivity contribution in [3.05, 3.63) is 38.7 Å². The quantitative estimate of drug-likeness (QED) is 0.596. The number of rotatable bonds is 2. The van der Waals surface area contributed by atoms with Crippen LogP contribution in [0.5, 0.6) is 0 Å². The van der Waals surface area contributed by atoms with E-state index in [1.54, 1.807) is 10.9 Å². The van der Waals surface area contributed by atoms with Crippen LogP contribution in [-0.4, -0.2) is 15.0 Å². The van der Waals surface area contributed by atoms with E-state index in [2.05, 4.69) is 32.9 Å². The molecule has 1 heterocycles. The summed E-state index contributed by atoms with van der Waals surface area (Å²) in [4.78, 5) is 0. The summed E-state index contributed by atoms with van der Waals surface area (Å²) < 4.78 is 2.71. The highest BCUT2D eigenvalue weighted by Crippen LogP contribution is 2.23. The molecule has 2 aromatic rings. The minimum atomic E-state index is -0.156. The van der Waals surface area contributed by atoms with Gasteiger partial charge >= 0.3 is 0 Å². The Kier molecular flexibility index (Phi) is 3.71. The number of aromatic nitrogens is 3. The van der Waals surface area contributed by atoms with Crippen molar-refractivity contribution in [1.29, 1.82) is 0 Å². The Morgan fingerprint density at radius 2 is 2.19 bits per heavy atom. The fraction of sp³-hybridized carbons (Fsp3) is 0.200. The van der Waals surface area contributed by atoms with Gasteiger partial charge < -0.3 is 0 Å². The Morgan fingerprint density at radius 1 is 1.44 bits per heavy atom. The summed E-state index contributed by atoms with van der Waals surface area (Å²) in [6.45, 7) is 1.85. The van der Waals surface area contributed by atoms with Gasteiger partial charge in [0.05, 0.1) is 22.3 Å². The number of alkyl halides is 1. The molecule has 6 heteroatoms. The summed E-state index contributed by atoms with van der Waals surface area (Å²) >= 11 is 14.3. The third kappa shape index (κ3) is 2.49. The Bertz CT molecular complexity index is 511. The zero-order chi connectivity index (χ0) is 11.7. The van der Waals surface area contributed by atoms with Crippen LogP contribution in [0.15, 0.2) is 24.4 Å². The third-order valence-corrected chi connectivity index (χ3v) is 3.27. The van der Waals surface area contributed by atoms with Crippen LogP contribution in [0.25, 0.3) is 5.69 Å². The van der Waals surface area contributed by atoms with Gasteiger partial charge in [0, 0.05) is 3.57 Å². The van der Waals surface area contributed by atoms with Gasteiger partial charge in [-0.15, -0.1) is 16.7 Å². The van der Waals surface area contributed by atoms with Crippen LogP contribution in [0.3, 0.4) is 0 Å². The molecule has 16 heavy (non-hydrogen) atoms. The van der Waals surface area contributed by atoms with Crippen molar-refractivity contribution in [3.63, 3.8) is 0 Å². The van der Waals surface area contributed by atoms with Gasteiger partial charge in [-0.05, 0) is 47.7 Å². The average Bonchev–Trinajstić information content (AvgIpc) is 2.66. The van der Waals surface area contributed by atoms with Crippen LogP contribution in [0, 0.1) is 3.57 Å². The highest BCUT2D eigenvalue weighted by atomic mass is 127. The Labute approximate surface area is 117 Å². The predicted molar refractivity (Wildman–Crippen MR) is 73.4 cm³/mol. The molecule has 0 N–H and O–H groups in total. The lowest BCUT2D eigenvalue weighted by atomic mass is 10.3. The van der Waals surface area contributed by atoms with Crippen LogP contribution in [0.1, 0.15) is 18.0 Å². The first-order chi connectivity index (χ1) is 7.58. The van der Waals surface area contributed by atoms with Crippen LogP contribution >= 0.6 is 45.8 Å². The first kappa shape index (κ1) is 12.1. The summed E-state index contributed by atoms with van der Waals surface area (Å²) in [5.74, 6) is 0. The zero-order valence-corrected chi connectivity index (χ0v) is 12.0. The Hall–Kier alpha value is -0.330. The molecule has 0 aliphatic carbocycles. The van der Waals surface area contributed by atoms with Crippen molar-refractivity contribution in [1.82, 2.24) is 15.0 Å². The molecule has 2 rings (SSSR count). The maximum Gasteiger partial charge on any atom is 0.101 e. The van der Waals surface area contributed by atoms with Gasteiger partial charge in [0.25, 0.3) is 0 Å². The molecule has 3 nitrogen and oxygen atoms in total. The number of halogens is 3. The van der Waals surface area contributed by atoms with E-state index in [0.717, 1.165) is 15.0 Å². The van der Waals surface area contributed by atoms with Crippen LogP contribution in [0.4, 0.5) is 0 Å². The van der Waals surface area contributed by atoms with Crippen LogP contribution < -0.4 is 0 Å². The van der Waals surface area contributed by atoms with E-state index in [9.17, 15) is 0 Å². The molecule has 0 spiro atoms. The molecule has 0 saturated carbocycles. The highest BCUT2D eigenvalue weighted by Gasteiger charge is 2.09. The topological polar surface area (TPSA) is 30.7 Å². The first-order valence-corrected chi connectivity index (χ1v) is 6.49. The van der Waals surface area contributed by atoms with Gasteiger partial charge in [-0.3, -0.25) is 0 Å². The second kappa shape index (κ2) is 4.89. The molecule has 1 atom stereocenters. The van der Waals surface area contributed by atoms with Gasteiger partial charge in [-0.25, -0.2) is 4.68 Å². The standard InChI is InChI=1S/C10H8Cl2IN3/c1-6(11)9-5-16(15-14-9)10-3-2-7(13)4-8(10)12/h2-6H,1H3. The number of benzene rings is 1. The molecular formula is C10H8Cl2IN3. The van der Waals surface area contributed by atoms with E-state index < -0.39 is 0 Å². The lowest BCUT2D eigenvalue weighted by Gasteiger charge is -2.03. The fourth-order valence-corrected chi connectivity index (χ4v) is 2.29. The lowest BCUT2D eigenvalue weighted by Crippen LogP contribution is -1.96. The molecule has 84 valence electrons. The molecule has 0 aliphatic heterocycles. The van der Waals surface area contributed by atoms with E-state index >= 15 is 0 Å². The van der Waals surface area contributed by atoms with E-state index in [4.69, 9.17) is 23.2 Å². The molecule has 0 saturated heterocycles. The molecule has 1 unspecified atom stereocenters. The minimum absolute atomic E-state index is 0.156. The van der Waals surface area contributed by atoms with Crippen molar-refractivity contribution in [2.24, 2.45) is 0 Å². The SMILES string of the molecule is CC(Cl)c1cn(-c2ccc(I)cc2Cl)nn1. The van der Waals surface area contributed by atoms with Gasteiger partial charge in [0.2, 0.25) is 0 Å². The summed E-state index contributed by atoms with van der Waals surface area (Å²) in [6, 6.07) is 5.75. The summed E-state index contributed by atoms with van der Waals surface area (Å²) in [6.07, 6.45) is 1.78. The van der Waals surface area contributed by atoms with Crippen molar-refractivity contribution >= 4 is 45.8 Å². The predicted octanol–water partition coefficient (Wildman–Crippen LogP) is 3.83. The number of nitrogens with zero attached hydrogens (tertiary/aromatic N) is 3. The van der Waals surface area contributed by atoms with Crippen molar-refractivity contribution < 1.29 is 0 Å². The number of hydrogen-bond acceptors (Lipinski definition) is 2. The largest absolute Gasteiger partial charge is 0.219 e. The van der Waals surface area contributed by atoms with Gasteiger partial charge in [0.15, 0.2) is 0 Å². The summed E-state index contributed by atoms with van der Waals surface area (Å²) in [5, 5.41) is 8.46. The smallest absolute Gasteiger partial charge is 0.101 e. The van der Waals surface area contributed by atoms with Crippen LogP contribution in [0.2, 0.25) is 5.02 Å². The van der Waals surface area contributed by atoms with Crippen molar-refractivity contribution in [2.45, 2.75) is 12.3 Å². The molecule has 0 bridgehead atoms. The van der Waals surface area contributed by atoms with E-state index in [1.807, 2.05) is 25.1 Å². The number of hydrogen-bond donors (Lipinski definition) is 0. The fourth-order valence-electron chi connectivity index (χ4n) is 1.24. The summed E-state index contributed by atoms with van der Waals surface area (Å²) in [7, 11) is 0. The van der Waals surface area contributed by atoms with Crippen molar-refractivity contribution in [2.75, 3.05) is 0 Å². The first-order valence-electron chi connectivity index (χ1n) is 4.59. The van der Waals surface area contributed by atoms with Gasteiger partial charge in [0.1, 0.15) is 5.69 Å². The summed E-state index contributed by atoms with van der Waals surface area (Å²) in [5.41, 5.74) is 1.54. The van der Waals surface area contributed by atoms with E-state index in [0.29, 0.717) is 5.02 Å². The van der Waals surface area contributed by atoms with Crippen molar-refractivity contribution in [3.8, 4) is 5.69 Å².